The minimum absolute atomic E-state index is 0.0535. The Hall–Kier alpha value is -2.25. The van der Waals surface area contributed by atoms with Gasteiger partial charge in [-0.2, -0.15) is 13.2 Å². The highest BCUT2D eigenvalue weighted by Gasteiger charge is 2.31. The molecule has 2 aromatic heterocycles. The van der Waals surface area contributed by atoms with E-state index >= 15 is 0 Å². The van der Waals surface area contributed by atoms with Gasteiger partial charge < -0.3 is 10.5 Å². The van der Waals surface area contributed by atoms with Gasteiger partial charge >= 0.3 is 12.1 Å². The summed E-state index contributed by atoms with van der Waals surface area (Å²) in [6.45, 7) is 1.73. The van der Waals surface area contributed by atoms with Crippen LogP contribution < -0.4 is 5.73 Å². The van der Waals surface area contributed by atoms with Crippen molar-refractivity contribution >= 4 is 17.4 Å². The molecule has 0 bridgehead atoms. The van der Waals surface area contributed by atoms with Gasteiger partial charge in [0, 0.05) is 6.20 Å². The van der Waals surface area contributed by atoms with Gasteiger partial charge in [-0.1, -0.05) is 0 Å². The van der Waals surface area contributed by atoms with E-state index in [1.807, 2.05) is 0 Å². The third-order valence-corrected chi connectivity index (χ3v) is 2.46. The second kappa shape index (κ2) is 4.45. The SMILES string of the molecule is CCOC(=O)c1nc2cc(C(F)(F)F)ccn2c1N. The summed E-state index contributed by atoms with van der Waals surface area (Å²) in [7, 11) is 0. The predicted molar refractivity (Wildman–Crippen MR) is 60.6 cm³/mol. The van der Waals surface area contributed by atoms with Crippen molar-refractivity contribution in [1.82, 2.24) is 9.38 Å². The first-order chi connectivity index (χ1) is 8.84. The van der Waals surface area contributed by atoms with Crippen molar-refractivity contribution in [3.05, 3.63) is 29.6 Å². The summed E-state index contributed by atoms with van der Waals surface area (Å²) in [5, 5.41) is 0. The van der Waals surface area contributed by atoms with Gasteiger partial charge in [0.25, 0.3) is 0 Å². The van der Waals surface area contributed by atoms with Gasteiger partial charge in [-0.05, 0) is 19.1 Å². The van der Waals surface area contributed by atoms with Crippen molar-refractivity contribution in [2.45, 2.75) is 13.1 Å². The molecular formula is C11H10F3N3O2. The Morgan fingerprint density at radius 3 is 2.79 bits per heavy atom. The van der Waals surface area contributed by atoms with Crippen LogP contribution in [0.5, 0.6) is 0 Å². The highest BCUT2D eigenvalue weighted by Crippen LogP contribution is 2.30. The van der Waals surface area contributed by atoms with Crippen molar-refractivity contribution in [2.75, 3.05) is 12.3 Å². The van der Waals surface area contributed by atoms with Crippen LogP contribution in [0, 0.1) is 0 Å². The summed E-state index contributed by atoms with van der Waals surface area (Å²) in [5.74, 6) is -0.820. The molecule has 0 aliphatic heterocycles. The van der Waals surface area contributed by atoms with E-state index in [1.54, 1.807) is 6.92 Å². The maximum Gasteiger partial charge on any atom is 0.416 e. The maximum absolute atomic E-state index is 12.5. The molecule has 0 spiro atoms. The van der Waals surface area contributed by atoms with E-state index < -0.39 is 17.7 Å². The Kier molecular flexibility index (Phi) is 3.09. The molecule has 0 atom stereocenters. The van der Waals surface area contributed by atoms with Crippen molar-refractivity contribution in [3.8, 4) is 0 Å². The van der Waals surface area contributed by atoms with Crippen LogP contribution in [0.15, 0.2) is 18.3 Å². The highest BCUT2D eigenvalue weighted by molar-refractivity contribution is 5.93. The molecule has 0 unspecified atom stereocenters. The number of halogens is 3. The second-order valence-electron chi connectivity index (χ2n) is 3.71. The molecule has 0 saturated carbocycles. The third kappa shape index (κ3) is 2.33. The molecule has 0 radical (unpaired) electrons. The molecule has 2 N–H and O–H groups in total. The number of ether oxygens (including phenoxy) is 1. The number of anilines is 1. The van der Waals surface area contributed by atoms with Crippen LogP contribution in [0.25, 0.3) is 5.65 Å². The van der Waals surface area contributed by atoms with Crippen molar-refractivity contribution in [3.63, 3.8) is 0 Å². The molecule has 102 valence electrons. The normalized spacial score (nSPS) is 11.8. The number of hydrogen-bond acceptors (Lipinski definition) is 4. The molecule has 8 heteroatoms. The standard InChI is InChI=1S/C11H10F3N3O2/c1-2-19-10(18)8-9(15)17-4-3-6(11(12,13)14)5-7(17)16-8/h3-5H,2,15H2,1H3. The van der Waals surface area contributed by atoms with Crippen molar-refractivity contribution in [2.24, 2.45) is 0 Å². The number of nitrogen functional groups attached to an aromatic ring is 1. The third-order valence-electron chi connectivity index (χ3n) is 2.46. The fraction of sp³-hybridized carbons (Fsp3) is 0.273. The summed E-state index contributed by atoms with van der Waals surface area (Å²) >= 11 is 0. The van der Waals surface area contributed by atoms with Crippen LogP contribution in [0.4, 0.5) is 19.0 Å². The van der Waals surface area contributed by atoms with Gasteiger partial charge in [-0.3, -0.25) is 4.40 Å². The number of alkyl halides is 3. The van der Waals surface area contributed by atoms with Crippen LogP contribution in [-0.2, 0) is 10.9 Å². The Morgan fingerprint density at radius 2 is 2.21 bits per heavy atom. The summed E-state index contributed by atoms with van der Waals surface area (Å²) in [6, 6.07) is 1.68. The Bertz CT molecular complexity index is 634. The molecule has 0 saturated heterocycles. The molecule has 0 amide bonds. The quantitative estimate of drug-likeness (QED) is 0.851. The Morgan fingerprint density at radius 1 is 1.53 bits per heavy atom. The number of nitrogens with two attached hydrogens (primary N) is 1. The number of nitrogens with zero attached hydrogens (tertiary/aromatic N) is 2. The minimum atomic E-state index is -4.48. The number of fused-ring (bicyclic) bond motifs is 1. The van der Waals surface area contributed by atoms with Gasteiger partial charge in [0.15, 0.2) is 5.69 Å². The number of imidazole rings is 1. The van der Waals surface area contributed by atoms with Crippen LogP contribution in [0.2, 0.25) is 0 Å². The zero-order valence-corrected chi connectivity index (χ0v) is 9.86. The molecule has 0 aliphatic carbocycles. The van der Waals surface area contributed by atoms with Gasteiger partial charge in [0.05, 0.1) is 12.2 Å². The minimum Gasteiger partial charge on any atom is -0.461 e. The molecule has 19 heavy (non-hydrogen) atoms. The molecule has 0 fully saturated rings. The lowest BCUT2D eigenvalue weighted by Gasteiger charge is -2.06. The molecular weight excluding hydrogens is 263 g/mol. The average molecular weight is 273 g/mol. The van der Waals surface area contributed by atoms with E-state index in [0.29, 0.717) is 0 Å². The number of carbonyl (C=O) groups is 1. The van der Waals surface area contributed by atoms with E-state index in [4.69, 9.17) is 10.5 Å². The number of carbonyl (C=O) groups excluding carboxylic acids is 1. The topological polar surface area (TPSA) is 69.6 Å². The van der Waals surface area contributed by atoms with Crippen LogP contribution in [0.1, 0.15) is 23.0 Å². The molecule has 0 aliphatic rings. The first kappa shape index (κ1) is 13.2. The van der Waals surface area contributed by atoms with E-state index in [1.165, 1.54) is 4.40 Å². The molecule has 2 rings (SSSR count). The lowest BCUT2D eigenvalue weighted by molar-refractivity contribution is -0.137. The summed E-state index contributed by atoms with van der Waals surface area (Å²) in [5.41, 5.74) is 4.53. The van der Waals surface area contributed by atoms with E-state index in [0.717, 1.165) is 18.3 Å². The largest absolute Gasteiger partial charge is 0.461 e. The first-order valence-electron chi connectivity index (χ1n) is 5.36. The zero-order chi connectivity index (χ0) is 14.2. The zero-order valence-electron chi connectivity index (χ0n) is 9.86. The van der Waals surface area contributed by atoms with E-state index in [-0.39, 0.29) is 23.8 Å². The van der Waals surface area contributed by atoms with E-state index in [2.05, 4.69) is 4.98 Å². The molecule has 2 aromatic rings. The number of rotatable bonds is 2. The fourth-order valence-electron chi connectivity index (χ4n) is 1.59. The van der Waals surface area contributed by atoms with E-state index in [9.17, 15) is 18.0 Å². The number of aromatic nitrogens is 2. The first-order valence-corrected chi connectivity index (χ1v) is 5.36. The summed E-state index contributed by atoms with van der Waals surface area (Å²) in [6.07, 6.45) is -3.37. The lowest BCUT2D eigenvalue weighted by atomic mass is 10.2. The number of pyridine rings is 1. The Balaban J connectivity index is 2.54. The summed E-state index contributed by atoms with van der Waals surface area (Å²) < 4.78 is 43.5. The molecule has 5 nitrogen and oxygen atoms in total. The molecule has 2 heterocycles. The monoisotopic (exact) mass is 273 g/mol. The fourth-order valence-corrected chi connectivity index (χ4v) is 1.59. The van der Waals surface area contributed by atoms with Crippen molar-refractivity contribution < 1.29 is 22.7 Å². The average Bonchev–Trinajstić information content (AvgIpc) is 2.66. The van der Waals surface area contributed by atoms with Crippen LogP contribution in [-0.4, -0.2) is 22.0 Å². The summed E-state index contributed by atoms with van der Waals surface area (Å²) in [4.78, 5) is 15.3. The Labute approximate surface area is 105 Å². The number of hydrogen-bond donors (Lipinski definition) is 1. The number of esters is 1. The van der Waals surface area contributed by atoms with Gasteiger partial charge in [-0.15, -0.1) is 0 Å². The van der Waals surface area contributed by atoms with Gasteiger partial charge in [-0.25, -0.2) is 9.78 Å². The predicted octanol–water partition coefficient (Wildman–Crippen LogP) is 2.11. The second-order valence-corrected chi connectivity index (χ2v) is 3.71. The maximum atomic E-state index is 12.5. The lowest BCUT2D eigenvalue weighted by Crippen LogP contribution is -2.08. The highest BCUT2D eigenvalue weighted by atomic mass is 19.4. The molecule has 0 aromatic carbocycles. The van der Waals surface area contributed by atoms with Crippen molar-refractivity contribution in [1.29, 1.82) is 0 Å². The van der Waals surface area contributed by atoms with Crippen LogP contribution in [0.3, 0.4) is 0 Å². The van der Waals surface area contributed by atoms with Gasteiger partial charge in [0.1, 0.15) is 11.5 Å². The smallest absolute Gasteiger partial charge is 0.416 e. The van der Waals surface area contributed by atoms with Crippen LogP contribution >= 0.6 is 0 Å². The van der Waals surface area contributed by atoms with Gasteiger partial charge in [0.2, 0.25) is 0 Å².